The molecule has 9 nitrogen and oxygen atoms in total. The Labute approximate surface area is 308 Å². The summed E-state index contributed by atoms with van der Waals surface area (Å²) < 4.78 is 48.0. The van der Waals surface area contributed by atoms with Crippen LogP contribution in [-0.4, -0.2) is 72.8 Å². The SMILES string of the molecule is CC.CCCCONC(=O)c1ccc(F)c(F)c1Nc1ccc(C)cc1F.COCCC(C)(C)N1CCN(c2cnc3ccc(Br)cc3n2)CC1. The zero-order valence-electron chi connectivity index (χ0n) is 30.6. The Morgan fingerprint density at radius 3 is 2.35 bits per heavy atom. The summed E-state index contributed by atoms with van der Waals surface area (Å²) in [5.41, 5.74) is 4.14. The number of hydrogen-bond donors (Lipinski definition) is 2. The lowest BCUT2D eigenvalue weighted by Gasteiger charge is -2.44. The van der Waals surface area contributed by atoms with Gasteiger partial charge in [-0.25, -0.2) is 23.6 Å². The van der Waals surface area contributed by atoms with Crippen LogP contribution in [0.2, 0.25) is 0 Å². The largest absolute Gasteiger partial charge is 0.385 e. The molecule has 1 aliphatic heterocycles. The first-order valence-corrected chi connectivity index (χ1v) is 18.1. The fourth-order valence-corrected chi connectivity index (χ4v) is 5.63. The van der Waals surface area contributed by atoms with Crippen LogP contribution in [0.15, 0.2) is 59.2 Å². The number of hydrogen-bond acceptors (Lipinski definition) is 8. The van der Waals surface area contributed by atoms with E-state index in [0.717, 1.165) is 85.5 Å². The van der Waals surface area contributed by atoms with Crippen molar-refractivity contribution in [2.24, 2.45) is 0 Å². The molecule has 278 valence electrons. The number of amides is 1. The Balaban J connectivity index is 0.000000263. The minimum absolute atomic E-state index is 0.0731. The van der Waals surface area contributed by atoms with Crippen molar-refractivity contribution in [1.29, 1.82) is 0 Å². The van der Waals surface area contributed by atoms with E-state index in [2.05, 4.69) is 55.4 Å². The second-order valence-electron chi connectivity index (χ2n) is 12.4. The summed E-state index contributed by atoms with van der Waals surface area (Å²) in [6, 6.07) is 12.2. The van der Waals surface area contributed by atoms with Crippen molar-refractivity contribution < 1.29 is 27.5 Å². The monoisotopic (exact) mass is 774 g/mol. The van der Waals surface area contributed by atoms with Crippen molar-refractivity contribution in [3.63, 3.8) is 0 Å². The molecule has 13 heteroatoms. The van der Waals surface area contributed by atoms with Gasteiger partial charge in [-0.1, -0.05) is 49.2 Å². The Morgan fingerprint density at radius 2 is 1.69 bits per heavy atom. The standard InChI is InChI=1S/C18H25BrN4O.C18H19F3N2O2.C2H6/c1-18(2,6-11-24-3)23-9-7-22(8-10-23)17-13-20-15-5-4-14(19)12-16(15)21-17;1-3-4-9-25-23-18(24)12-6-7-13(19)16(21)17(12)22-15-8-5-11(2)10-14(15)20;1-2/h4-5,12-13H,6-11H2,1-3H3;5-8,10,22H,3-4,9H2,1-2H3,(H,23,24);1-2H3. The molecule has 0 saturated carbocycles. The lowest BCUT2D eigenvalue weighted by atomic mass is 9.97. The van der Waals surface area contributed by atoms with Crippen molar-refractivity contribution in [1.82, 2.24) is 20.3 Å². The number of fused-ring (bicyclic) bond motifs is 1. The highest BCUT2D eigenvalue weighted by molar-refractivity contribution is 9.10. The van der Waals surface area contributed by atoms with Gasteiger partial charge in [0.25, 0.3) is 5.91 Å². The third-order valence-electron chi connectivity index (χ3n) is 8.36. The number of carbonyl (C=O) groups is 1. The average Bonchev–Trinajstić information content (AvgIpc) is 3.13. The van der Waals surface area contributed by atoms with Gasteiger partial charge in [-0.15, -0.1) is 0 Å². The number of rotatable bonds is 12. The first kappa shape index (κ1) is 41.6. The van der Waals surface area contributed by atoms with E-state index in [4.69, 9.17) is 14.6 Å². The van der Waals surface area contributed by atoms with Crippen LogP contribution in [0.1, 0.15) is 69.8 Å². The number of piperazine rings is 1. The van der Waals surface area contributed by atoms with E-state index >= 15 is 0 Å². The van der Waals surface area contributed by atoms with Crippen LogP contribution in [0, 0.1) is 24.4 Å². The van der Waals surface area contributed by atoms with Crippen LogP contribution < -0.4 is 15.7 Å². The molecular formula is C38H50BrF3N6O3. The van der Waals surface area contributed by atoms with Gasteiger partial charge < -0.3 is 15.0 Å². The Hall–Kier alpha value is -3.78. The van der Waals surface area contributed by atoms with Crippen LogP contribution in [0.4, 0.5) is 30.4 Å². The number of aromatic nitrogens is 2. The van der Waals surface area contributed by atoms with Crippen molar-refractivity contribution >= 4 is 50.1 Å². The van der Waals surface area contributed by atoms with Crippen LogP contribution >= 0.6 is 15.9 Å². The molecule has 0 spiro atoms. The van der Waals surface area contributed by atoms with Gasteiger partial charge in [0, 0.05) is 49.9 Å². The number of ether oxygens (including phenoxy) is 1. The molecule has 1 amide bonds. The van der Waals surface area contributed by atoms with Crippen molar-refractivity contribution in [3.8, 4) is 0 Å². The zero-order valence-corrected chi connectivity index (χ0v) is 32.2. The fraction of sp³-hybridized carbons (Fsp3) is 0.447. The quantitative estimate of drug-likeness (QED) is 0.109. The number of nitrogens with one attached hydrogen (secondary N) is 2. The third-order valence-corrected chi connectivity index (χ3v) is 8.85. The first-order valence-electron chi connectivity index (χ1n) is 17.3. The number of anilines is 3. The molecule has 2 N–H and O–H groups in total. The lowest BCUT2D eigenvalue weighted by molar-refractivity contribution is 0.0302. The van der Waals surface area contributed by atoms with Gasteiger partial charge in [-0.3, -0.25) is 19.5 Å². The maximum atomic E-state index is 14.2. The van der Waals surface area contributed by atoms with Crippen LogP contribution in [0.3, 0.4) is 0 Å². The topological polar surface area (TPSA) is 91.9 Å². The van der Waals surface area contributed by atoms with E-state index in [-0.39, 0.29) is 16.8 Å². The Bertz CT molecular complexity index is 1720. The van der Waals surface area contributed by atoms with Gasteiger partial charge >= 0.3 is 0 Å². The summed E-state index contributed by atoms with van der Waals surface area (Å²) in [5, 5.41) is 2.45. The Morgan fingerprint density at radius 1 is 0.961 bits per heavy atom. The molecule has 0 radical (unpaired) electrons. The third kappa shape index (κ3) is 11.9. The fourth-order valence-electron chi connectivity index (χ4n) is 5.28. The first-order chi connectivity index (χ1) is 24.4. The van der Waals surface area contributed by atoms with Gasteiger partial charge in [0.05, 0.1) is 40.8 Å². The van der Waals surface area contributed by atoms with Crippen molar-refractivity contribution in [2.45, 2.75) is 66.3 Å². The summed E-state index contributed by atoms with van der Waals surface area (Å²) in [6.07, 6.45) is 4.55. The molecular weight excluding hydrogens is 725 g/mol. The summed E-state index contributed by atoms with van der Waals surface area (Å²) in [4.78, 5) is 31.4. The predicted octanol–water partition coefficient (Wildman–Crippen LogP) is 8.97. The predicted molar refractivity (Wildman–Crippen MR) is 202 cm³/mol. The lowest BCUT2D eigenvalue weighted by Crippen LogP contribution is -2.55. The highest BCUT2D eigenvalue weighted by atomic mass is 79.9. The molecule has 4 aromatic rings. The minimum Gasteiger partial charge on any atom is -0.385 e. The normalized spacial score (nSPS) is 13.2. The summed E-state index contributed by atoms with van der Waals surface area (Å²) >= 11 is 3.51. The molecule has 2 heterocycles. The number of hydroxylamine groups is 1. The minimum atomic E-state index is -1.28. The molecule has 0 atom stereocenters. The highest BCUT2D eigenvalue weighted by Crippen LogP contribution is 2.29. The van der Waals surface area contributed by atoms with E-state index in [9.17, 15) is 18.0 Å². The number of halogens is 4. The van der Waals surface area contributed by atoms with Crippen LogP contribution in [-0.2, 0) is 9.57 Å². The van der Waals surface area contributed by atoms with Crippen LogP contribution in [0.25, 0.3) is 11.0 Å². The van der Waals surface area contributed by atoms with E-state index < -0.39 is 29.0 Å². The van der Waals surface area contributed by atoms with E-state index in [1.165, 1.54) is 12.1 Å². The summed E-state index contributed by atoms with van der Waals surface area (Å²) in [5.74, 6) is -2.87. The molecule has 0 aliphatic carbocycles. The second kappa shape index (κ2) is 20.3. The molecule has 1 fully saturated rings. The van der Waals surface area contributed by atoms with Crippen molar-refractivity contribution in [2.75, 3.05) is 56.7 Å². The molecule has 5 rings (SSSR count). The molecule has 0 bridgehead atoms. The maximum Gasteiger partial charge on any atom is 0.277 e. The molecule has 0 unspecified atom stereocenters. The van der Waals surface area contributed by atoms with Crippen molar-refractivity contribution in [3.05, 3.63) is 87.8 Å². The smallest absolute Gasteiger partial charge is 0.277 e. The number of methoxy groups -OCH3 is 1. The van der Waals surface area contributed by atoms with Gasteiger partial charge in [0.1, 0.15) is 11.6 Å². The highest BCUT2D eigenvalue weighted by Gasteiger charge is 2.30. The molecule has 3 aromatic carbocycles. The van der Waals surface area contributed by atoms with Gasteiger partial charge in [0.15, 0.2) is 11.6 Å². The zero-order chi connectivity index (χ0) is 37.6. The van der Waals surface area contributed by atoms with Gasteiger partial charge in [-0.2, -0.15) is 0 Å². The molecule has 1 aromatic heterocycles. The molecule has 51 heavy (non-hydrogen) atoms. The second-order valence-corrected chi connectivity index (χ2v) is 13.3. The van der Waals surface area contributed by atoms with E-state index in [1.807, 2.05) is 45.2 Å². The average molecular weight is 776 g/mol. The number of nitrogens with zero attached hydrogens (tertiary/aromatic N) is 4. The molecule has 1 saturated heterocycles. The summed E-state index contributed by atoms with van der Waals surface area (Å²) in [7, 11) is 1.77. The molecule has 1 aliphatic rings. The van der Waals surface area contributed by atoms with Crippen LogP contribution in [0.5, 0.6) is 0 Å². The maximum absolute atomic E-state index is 14.2. The number of aryl methyl sites for hydroxylation is 1. The van der Waals surface area contributed by atoms with Gasteiger partial charge in [-0.05, 0) is 81.6 Å². The Kier molecular flexibility index (Phi) is 16.6. The van der Waals surface area contributed by atoms with E-state index in [0.29, 0.717) is 12.2 Å². The summed E-state index contributed by atoms with van der Waals surface area (Å²) in [6.45, 7) is 17.4. The number of benzene rings is 3. The van der Waals surface area contributed by atoms with E-state index in [1.54, 1.807) is 20.1 Å². The number of carbonyl (C=O) groups excluding carboxylic acids is 1. The van der Waals surface area contributed by atoms with Gasteiger partial charge in [0.2, 0.25) is 0 Å². The number of unbranched alkanes of at least 4 members (excludes halogenated alkanes) is 1.